The van der Waals surface area contributed by atoms with E-state index in [0.29, 0.717) is 37.4 Å². The van der Waals surface area contributed by atoms with Crippen molar-refractivity contribution in [2.75, 3.05) is 37.7 Å². The van der Waals surface area contributed by atoms with Crippen LogP contribution in [0.3, 0.4) is 0 Å². The molecule has 3 aromatic rings. The molecule has 32 heavy (non-hydrogen) atoms. The van der Waals surface area contributed by atoms with Crippen LogP contribution in [0.15, 0.2) is 48.5 Å². The summed E-state index contributed by atoms with van der Waals surface area (Å²) in [7, 11) is 0. The fourth-order valence-electron chi connectivity index (χ4n) is 3.66. The summed E-state index contributed by atoms with van der Waals surface area (Å²) in [6, 6.07) is 13.5. The summed E-state index contributed by atoms with van der Waals surface area (Å²) >= 11 is 0. The number of carbonyl (C=O) groups is 2. The molecule has 0 bridgehead atoms. The lowest BCUT2D eigenvalue weighted by Gasteiger charge is -2.36. The van der Waals surface area contributed by atoms with Crippen molar-refractivity contribution in [2.45, 2.75) is 13.8 Å². The van der Waals surface area contributed by atoms with Gasteiger partial charge in [0, 0.05) is 37.4 Å². The van der Waals surface area contributed by atoms with Gasteiger partial charge in [-0.25, -0.2) is 14.2 Å². The number of aryl methyl sites for hydroxylation is 2. The maximum Gasteiger partial charge on any atom is 0.338 e. The SMILES string of the molecule is Cc1nc(-c2ccc(C(=O)OCC(=O)N3CCN(c4ccccc4F)CC3)cc2)[nH]c1C. The number of aromatic amines is 1. The molecule has 0 aliphatic carbocycles. The highest BCUT2D eigenvalue weighted by Gasteiger charge is 2.23. The van der Waals surface area contributed by atoms with Crippen molar-refractivity contribution in [3.05, 3.63) is 71.3 Å². The highest BCUT2D eigenvalue weighted by Crippen LogP contribution is 2.21. The number of nitrogens with one attached hydrogen (secondary N) is 1. The Balaban J connectivity index is 1.28. The van der Waals surface area contributed by atoms with E-state index in [0.717, 1.165) is 22.8 Å². The van der Waals surface area contributed by atoms with E-state index in [4.69, 9.17) is 4.74 Å². The minimum Gasteiger partial charge on any atom is -0.452 e. The number of hydrogen-bond acceptors (Lipinski definition) is 5. The van der Waals surface area contributed by atoms with Crippen molar-refractivity contribution in [2.24, 2.45) is 0 Å². The standard InChI is InChI=1S/C24H25FN4O3/c1-16-17(2)27-23(26-16)18-7-9-19(10-8-18)24(31)32-15-22(30)29-13-11-28(12-14-29)21-6-4-3-5-20(21)25/h3-10H,11-15H2,1-2H3,(H,26,27). The molecule has 2 heterocycles. The van der Waals surface area contributed by atoms with Crippen molar-refractivity contribution in [3.8, 4) is 11.4 Å². The number of esters is 1. The second-order valence-corrected chi connectivity index (χ2v) is 7.77. The molecule has 0 saturated carbocycles. The van der Waals surface area contributed by atoms with Crippen LogP contribution in [0.25, 0.3) is 11.4 Å². The largest absolute Gasteiger partial charge is 0.452 e. The smallest absolute Gasteiger partial charge is 0.338 e. The third kappa shape index (κ3) is 4.64. The Hall–Kier alpha value is -3.68. The summed E-state index contributed by atoms with van der Waals surface area (Å²) in [5.41, 5.74) is 3.69. The van der Waals surface area contributed by atoms with Crippen LogP contribution in [0.4, 0.5) is 10.1 Å². The highest BCUT2D eigenvalue weighted by molar-refractivity contribution is 5.91. The van der Waals surface area contributed by atoms with Gasteiger partial charge in [-0.1, -0.05) is 24.3 Å². The molecule has 166 valence electrons. The minimum atomic E-state index is -0.554. The fourth-order valence-corrected chi connectivity index (χ4v) is 3.66. The number of carbonyl (C=O) groups excluding carboxylic acids is 2. The molecule has 8 heteroatoms. The maximum atomic E-state index is 14.0. The summed E-state index contributed by atoms with van der Waals surface area (Å²) in [6.45, 7) is 5.49. The Morgan fingerprint density at radius 1 is 1.03 bits per heavy atom. The number of anilines is 1. The molecular formula is C24H25FN4O3. The van der Waals surface area contributed by atoms with Gasteiger partial charge in [-0.05, 0) is 38.1 Å². The van der Waals surface area contributed by atoms with Crippen molar-refractivity contribution in [3.63, 3.8) is 0 Å². The maximum absolute atomic E-state index is 14.0. The zero-order valence-corrected chi connectivity index (χ0v) is 18.1. The van der Waals surface area contributed by atoms with Gasteiger partial charge in [0.1, 0.15) is 11.6 Å². The summed E-state index contributed by atoms with van der Waals surface area (Å²) in [4.78, 5) is 36.0. The van der Waals surface area contributed by atoms with E-state index in [-0.39, 0.29) is 18.3 Å². The second kappa shape index (κ2) is 9.21. The zero-order valence-electron chi connectivity index (χ0n) is 18.1. The first kappa shape index (κ1) is 21.5. The molecule has 1 amide bonds. The van der Waals surface area contributed by atoms with Gasteiger partial charge in [0.2, 0.25) is 0 Å². The second-order valence-electron chi connectivity index (χ2n) is 7.77. The first-order valence-electron chi connectivity index (χ1n) is 10.5. The molecule has 1 saturated heterocycles. The van der Waals surface area contributed by atoms with Crippen molar-refractivity contribution in [1.82, 2.24) is 14.9 Å². The van der Waals surface area contributed by atoms with Gasteiger partial charge in [0.15, 0.2) is 6.61 Å². The van der Waals surface area contributed by atoms with Crippen LogP contribution in [0.1, 0.15) is 21.7 Å². The van der Waals surface area contributed by atoms with Crippen LogP contribution < -0.4 is 4.90 Å². The van der Waals surface area contributed by atoms with E-state index in [1.807, 2.05) is 18.7 Å². The third-order valence-electron chi connectivity index (χ3n) is 5.67. The van der Waals surface area contributed by atoms with Crippen LogP contribution in [0.5, 0.6) is 0 Å². The number of imidazole rings is 1. The molecule has 0 unspecified atom stereocenters. The molecular weight excluding hydrogens is 411 g/mol. The van der Waals surface area contributed by atoms with Gasteiger partial charge in [-0.3, -0.25) is 4.79 Å². The van der Waals surface area contributed by atoms with Crippen LogP contribution in [0.2, 0.25) is 0 Å². The number of ether oxygens (including phenoxy) is 1. The Morgan fingerprint density at radius 2 is 1.72 bits per heavy atom. The predicted octanol–water partition coefficient (Wildman–Crippen LogP) is 3.34. The fraction of sp³-hybridized carbons (Fsp3) is 0.292. The Bertz CT molecular complexity index is 1100. The number of nitrogens with zero attached hydrogens (tertiary/aromatic N) is 3. The predicted molar refractivity (Wildman–Crippen MR) is 119 cm³/mol. The molecule has 1 N–H and O–H groups in total. The van der Waals surface area contributed by atoms with E-state index < -0.39 is 5.97 Å². The van der Waals surface area contributed by atoms with Crippen molar-refractivity contribution in [1.29, 1.82) is 0 Å². The van der Waals surface area contributed by atoms with Crippen LogP contribution in [-0.4, -0.2) is 59.5 Å². The topological polar surface area (TPSA) is 78.5 Å². The molecule has 4 rings (SSSR count). The average Bonchev–Trinajstić information content (AvgIpc) is 3.16. The molecule has 1 aliphatic rings. The number of benzene rings is 2. The molecule has 7 nitrogen and oxygen atoms in total. The van der Waals surface area contributed by atoms with Crippen LogP contribution in [-0.2, 0) is 9.53 Å². The number of rotatable bonds is 5. The van der Waals surface area contributed by atoms with Crippen molar-refractivity contribution < 1.29 is 18.7 Å². The molecule has 0 spiro atoms. The van der Waals surface area contributed by atoms with Gasteiger partial charge >= 0.3 is 5.97 Å². The Kier molecular flexibility index (Phi) is 6.20. The number of para-hydroxylation sites is 1. The zero-order chi connectivity index (χ0) is 22.7. The molecule has 1 fully saturated rings. The number of piperazine rings is 1. The van der Waals surface area contributed by atoms with Crippen molar-refractivity contribution >= 4 is 17.6 Å². The number of H-pyrrole nitrogens is 1. The lowest BCUT2D eigenvalue weighted by Crippen LogP contribution is -2.50. The quantitative estimate of drug-likeness (QED) is 0.621. The van der Waals surface area contributed by atoms with E-state index in [1.165, 1.54) is 6.07 Å². The Morgan fingerprint density at radius 3 is 2.34 bits per heavy atom. The monoisotopic (exact) mass is 436 g/mol. The first-order chi connectivity index (χ1) is 15.4. The number of amides is 1. The summed E-state index contributed by atoms with van der Waals surface area (Å²) in [5, 5.41) is 0. The molecule has 0 radical (unpaired) electrons. The van der Waals surface area contributed by atoms with Gasteiger partial charge in [-0.2, -0.15) is 0 Å². The summed E-state index contributed by atoms with van der Waals surface area (Å²) in [6.07, 6.45) is 0. The molecule has 1 aliphatic heterocycles. The summed E-state index contributed by atoms with van der Waals surface area (Å²) in [5.74, 6) is -0.347. The number of hydrogen-bond donors (Lipinski definition) is 1. The number of aromatic nitrogens is 2. The first-order valence-corrected chi connectivity index (χ1v) is 10.5. The van der Waals surface area contributed by atoms with Gasteiger partial charge < -0.3 is 19.5 Å². The van der Waals surface area contributed by atoms with E-state index in [9.17, 15) is 14.0 Å². The Labute approximate surface area is 185 Å². The molecule has 0 atom stereocenters. The van der Waals surface area contributed by atoms with Gasteiger partial charge in [0.05, 0.1) is 16.9 Å². The van der Waals surface area contributed by atoms with Crippen LogP contribution >= 0.6 is 0 Å². The number of halogens is 1. The lowest BCUT2D eigenvalue weighted by molar-refractivity contribution is -0.134. The normalized spacial score (nSPS) is 13.8. The minimum absolute atomic E-state index is 0.260. The van der Waals surface area contributed by atoms with Gasteiger partial charge in [-0.15, -0.1) is 0 Å². The lowest BCUT2D eigenvalue weighted by atomic mass is 10.1. The molecule has 2 aromatic carbocycles. The third-order valence-corrected chi connectivity index (χ3v) is 5.67. The van der Waals surface area contributed by atoms with E-state index >= 15 is 0 Å². The average molecular weight is 436 g/mol. The highest BCUT2D eigenvalue weighted by atomic mass is 19.1. The van der Waals surface area contributed by atoms with E-state index in [2.05, 4.69) is 9.97 Å². The van der Waals surface area contributed by atoms with E-state index in [1.54, 1.807) is 47.4 Å². The summed E-state index contributed by atoms with van der Waals surface area (Å²) < 4.78 is 19.2. The van der Waals surface area contributed by atoms with Crippen LogP contribution in [0, 0.1) is 19.7 Å². The van der Waals surface area contributed by atoms with Gasteiger partial charge in [0.25, 0.3) is 5.91 Å². The molecule has 1 aromatic heterocycles.